The number of hydrogen-bond acceptors (Lipinski definition) is 5. The van der Waals surface area contributed by atoms with Crippen molar-refractivity contribution in [3.63, 3.8) is 0 Å². The summed E-state index contributed by atoms with van der Waals surface area (Å²) in [5.41, 5.74) is 0.365. The van der Waals surface area contributed by atoms with Gasteiger partial charge in [0.15, 0.2) is 0 Å². The van der Waals surface area contributed by atoms with Crippen molar-refractivity contribution in [2.24, 2.45) is 0 Å². The van der Waals surface area contributed by atoms with Crippen molar-refractivity contribution in [3.8, 4) is 0 Å². The number of sulfone groups is 1. The Labute approximate surface area is 119 Å². The molecule has 114 valence electrons. The number of imide groups is 1. The minimum atomic E-state index is -4.64. The van der Waals surface area contributed by atoms with Gasteiger partial charge in [-0.1, -0.05) is 0 Å². The first-order valence-corrected chi connectivity index (χ1v) is 7.47. The Morgan fingerprint density at radius 3 is 2.24 bits per heavy atom. The summed E-state index contributed by atoms with van der Waals surface area (Å²) >= 11 is 0. The van der Waals surface area contributed by atoms with Gasteiger partial charge in [-0.25, -0.2) is 8.42 Å². The van der Waals surface area contributed by atoms with E-state index >= 15 is 0 Å². The molecule has 21 heavy (non-hydrogen) atoms. The Kier molecular flexibility index (Phi) is 3.95. The molecular weight excluding hydrogens is 306 g/mol. The number of nitrogens with one attached hydrogen (secondary N) is 1. The fourth-order valence-corrected chi connectivity index (χ4v) is 2.63. The zero-order valence-corrected chi connectivity index (χ0v) is 11.7. The van der Waals surface area contributed by atoms with Crippen molar-refractivity contribution in [2.75, 3.05) is 12.4 Å². The molecule has 0 aromatic heterocycles. The van der Waals surface area contributed by atoms with Gasteiger partial charge in [-0.2, -0.15) is 8.78 Å². The molecule has 1 unspecified atom stereocenters. The number of halogens is 2. The topological polar surface area (TPSA) is 83.6 Å². The van der Waals surface area contributed by atoms with Crippen molar-refractivity contribution in [1.82, 2.24) is 4.90 Å². The Morgan fingerprint density at radius 1 is 1.24 bits per heavy atom. The van der Waals surface area contributed by atoms with Crippen LogP contribution in [0.25, 0.3) is 0 Å². The third kappa shape index (κ3) is 2.87. The summed E-state index contributed by atoms with van der Waals surface area (Å²) in [6.07, 6.45) is -0.00752. The van der Waals surface area contributed by atoms with Gasteiger partial charge in [-0.15, -0.1) is 0 Å². The Bertz CT molecular complexity index is 673. The fourth-order valence-electron chi connectivity index (χ4n) is 1.91. The van der Waals surface area contributed by atoms with E-state index in [1.165, 1.54) is 19.2 Å². The van der Waals surface area contributed by atoms with Crippen molar-refractivity contribution in [1.29, 1.82) is 0 Å². The summed E-state index contributed by atoms with van der Waals surface area (Å²) in [5, 5.41) is 2.76. The molecule has 2 amide bonds. The summed E-state index contributed by atoms with van der Waals surface area (Å²) in [7, 11) is -3.27. The summed E-state index contributed by atoms with van der Waals surface area (Å²) < 4.78 is 47.2. The largest absolute Gasteiger partial charge is 0.373 e. The number of rotatable bonds is 4. The molecule has 1 aliphatic rings. The van der Waals surface area contributed by atoms with Gasteiger partial charge < -0.3 is 5.32 Å². The standard InChI is InChI=1S/C12H12F2N2O4S/c1-16-10(17)6-9(11(16)18)15-7-2-4-8(5-3-7)21(19,20)12(13)14/h2-5,9,12,15H,6H2,1H3. The summed E-state index contributed by atoms with van der Waals surface area (Å²) in [5.74, 6) is -4.21. The van der Waals surface area contributed by atoms with Gasteiger partial charge in [0.05, 0.1) is 11.3 Å². The Hall–Kier alpha value is -2.03. The summed E-state index contributed by atoms with van der Waals surface area (Å²) in [6, 6.07) is 3.85. The lowest BCUT2D eigenvalue weighted by Gasteiger charge is -2.12. The van der Waals surface area contributed by atoms with Crippen LogP contribution < -0.4 is 5.32 Å². The second kappa shape index (κ2) is 5.40. The van der Waals surface area contributed by atoms with Gasteiger partial charge in [0.2, 0.25) is 15.7 Å². The van der Waals surface area contributed by atoms with E-state index in [-0.39, 0.29) is 12.3 Å². The second-order valence-corrected chi connectivity index (χ2v) is 6.44. The first kappa shape index (κ1) is 15.4. The lowest BCUT2D eigenvalue weighted by molar-refractivity contribution is -0.136. The first-order chi connectivity index (χ1) is 9.73. The minimum Gasteiger partial charge on any atom is -0.373 e. The molecule has 1 heterocycles. The lowest BCUT2D eigenvalue weighted by Crippen LogP contribution is -2.31. The molecule has 0 bridgehead atoms. The molecule has 1 N–H and O–H groups in total. The Balaban J connectivity index is 2.14. The van der Waals surface area contributed by atoms with Gasteiger partial charge >= 0.3 is 5.76 Å². The van der Waals surface area contributed by atoms with Crippen molar-refractivity contribution in [3.05, 3.63) is 24.3 Å². The number of anilines is 1. The molecule has 0 aliphatic carbocycles. The molecule has 1 aromatic carbocycles. The van der Waals surface area contributed by atoms with Gasteiger partial charge in [-0.05, 0) is 24.3 Å². The predicted octanol–water partition coefficient (Wildman–Crippen LogP) is 0.852. The summed E-state index contributed by atoms with van der Waals surface area (Å²) in [4.78, 5) is 23.5. The highest BCUT2D eigenvalue weighted by atomic mass is 32.2. The average Bonchev–Trinajstić information content (AvgIpc) is 2.67. The van der Waals surface area contributed by atoms with Crippen molar-refractivity contribution in [2.45, 2.75) is 23.1 Å². The molecule has 0 spiro atoms. The zero-order valence-electron chi connectivity index (χ0n) is 10.9. The van der Waals surface area contributed by atoms with Crippen molar-refractivity contribution < 1.29 is 26.8 Å². The molecule has 0 saturated carbocycles. The molecule has 1 aromatic rings. The molecule has 0 radical (unpaired) electrons. The number of likely N-dealkylation sites (N-methyl/N-ethyl adjacent to an activating group) is 1. The number of carbonyl (C=O) groups excluding carboxylic acids is 2. The molecule has 1 atom stereocenters. The number of amides is 2. The van der Waals surface area contributed by atoms with Gasteiger partial charge in [-0.3, -0.25) is 14.5 Å². The maximum atomic E-state index is 12.4. The van der Waals surface area contributed by atoms with Gasteiger partial charge in [0.25, 0.3) is 5.91 Å². The van der Waals surface area contributed by atoms with Crippen LogP contribution in [-0.4, -0.2) is 44.0 Å². The van der Waals surface area contributed by atoms with E-state index in [0.29, 0.717) is 5.69 Å². The Morgan fingerprint density at radius 2 is 1.81 bits per heavy atom. The van der Waals surface area contributed by atoms with Crippen LogP contribution in [-0.2, 0) is 19.4 Å². The van der Waals surface area contributed by atoms with Crippen LogP contribution in [0.4, 0.5) is 14.5 Å². The summed E-state index contributed by atoms with van der Waals surface area (Å²) in [6.45, 7) is 0. The quantitative estimate of drug-likeness (QED) is 0.832. The average molecular weight is 318 g/mol. The molecule has 2 rings (SSSR count). The van der Waals surface area contributed by atoms with Crippen LogP contribution in [0, 0.1) is 0 Å². The first-order valence-electron chi connectivity index (χ1n) is 5.92. The minimum absolute atomic E-state index is 0.00752. The third-order valence-electron chi connectivity index (χ3n) is 3.14. The van der Waals surface area contributed by atoms with Crippen LogP contribution in [0.1, 0.15) is 6.42 Å². The smallest absolute Gasteiger partial charge is 0.341 e. The lowest BCUT2D eigenvalue weighted by atomic mass is 10.2. The predicted molar refractivity (Wildman–Crippen MR) is 69.4 cm³/mol. The van der Waals surface area contributed by atoms with Gasteiger partial charge in [0.1, 0.15) is 6.04 Å². The van der Waals surface area contributed by atoms with Crippen LogP contribution in [0.15, 0.2) is 29.2 Å². The van der Waals surface area contributed by atoms with E-state index in [4.69, 9.17) is 0 Å². The van der Waals surface area contributed by atoms with Crippen LogP contribution in [0.3, 0.4) is 0 Å². The second-order valence-electron chi connectivity index (χ2n) is 4.52. The molecule has 9 heteroatoms. The molecule has 1 aliphatic heterocycles. The number of carbonyl (C=O) groups is 2. The number of likely N-dealkylation sites (tertiary alicyclic amines) is 1. The van der Waals surface area contributed by atoms with Crippen molar-refractivity contribution >= 4 is 27.3 Å². The number of alkyl halides is 2. The SMILES string of the molecule is CN1C(=O)CC(Nc2ccc(S(=O)(=O)C(F)F)cc2)C1=O. The molecule has 1 fully saturated rings. The zero-order chi connectivity index (χ0) is 15.8. The van der Waals surface area contributed by atoms with E-state index in [1.54, 1.807) is 0 Å². The number of benzene rings is 1. The fraction of sp³-hybridized carbons (Fsp3) is 0.333. The highest BCUT2D eigenvalue weighted by Gasteiger charge is 2.36. The van der Waals surface area contributed by atoms with E-state index < -0.39 is 32.4 Å². The maximum absolute atomic E-state index is 12.4. The molecular formula is C12H12F2N2O4S. The third-order valence-corrected chi connectivity index (χ3v) is 4.54. The van der Waals surface area contributed by atoms with E-state index in [2.05, 4.69) is 5.32 Å². The maximum Gasteiger partial charge on any atom is 0.341 e. The highest BCUT2D eigenvalue weighted by Crippen LogP contribution is 2.22. The molecule has 1 saturated heterocycles. The van der Waals surface area contributed by atoms with E-state index in [1.807, 2.05) is 0 Å². The number of nitrogens with zero attached hydrogens (tertiary/aromatic N) is 1. The van der Waals surface area contributed by atoms with Crippen LogP contribution in [0.2, 0.25) is 0 Å². The van der Waals surface area contributed by atoms with Gasteiger partial charge in [0, 0.05) is 12.7 Å². The monoisotopic (exact) mass is 318 g/mol. The van der Waals surface area contributed by atoms with Crippen LogP contribution in [0.5, 0.6) is 0 Å². The van der Waals surface area contributed by atoms with E-state index in [0.717, 1.165) is 17.0 Å². The highest BCUT2D eigenvalue weighted by molar-refractivity contribution is 7.91. The normalized spacial score (nSPS) is 19.4. The van der Waals surface area contributed by atoms with E-state index in [9.17, 15) is 26.8 Å². The van der Waals surface area contributed by atoms with Crippen LogP contribution >= 0.6 is 0 Å². The number of hydrogen-bond donors (Lipinski definition) is 1. The molecule has 6 nitrogen and oxygen atoms in total.